The maximum Gasteiger partial charge on any atom is 0.254 e. The molecule has 180 valence electrons. The zero-order valence-corrected chi connectivity index (χ0v) is 20.1. The zero-order chi connectivity index (χ0) is 24.5. The molecular weight excluding hydrogens is 440 g/mol. The van der Waals surface area contributed by atoms with Gasteiger partial charge in [0, 0.05) is 5.56 Å². The van der Waals surface area contributed by atoms with Gasteiger partial charge in [0.05, 0.1) is 24.7 Å². The van der Waals surface area contributed by atoms with Gasteiger partial charge in [0.25, 0.3) is 11.8 Å². The molecule has 1 saturated carbocycles. The summed E-state index contributed by atoms with van der Waals surface area (Å²) in [6.07, 6.45) is 9.00. The maximum atomic E-state index is 12.9. The number of amides is 2. The van der Waals surface area contributed by atoms with E-state index in [4.69, 9.17) is 9.47 Å². The van der Waals surface area contributed by atoms with Gasteiger partial charge in [-0.2, -0.15) is 10.1 Å². The molecule has 2 amide bonds. The Kier molecular flexibility index (Phi) is 6.29. The summed E-state index contributed by atoms with van der Waals surface area (Å²) < 4.78 is 12.1. The third-order valence-corrected chi connectivity index (χ3v) is 7.09. The lowest BCUT2D eigenvalue weighted by Gasteiger charge is -2.17. The second-order valence-electron chi connectivity index (χ2n) is 9.44. The monoisotopic (exact) mass is 470 g/mol. The Bertz CT molecular complexity index is 1180. The summed E-state index contributed by atoms with van der Waals surface area (Å²) in [5, 5.41) is 5.39. The van der Waals surface area contributed by atoms with Crippen LogP contribution in [0.15, 0.2) is 66.3 Å². The van der Waals surface area contributed by atoms with Crippen LogP contribution in [0.1, 0.15) is 35.6 Å². The predicted octanol–water partition coefficient (Wildman–Crippen LogP) is 4.84. The van der Waals surface area contributed by atoms with E-state index in [0.29, 0.717) is 31.1 Å². The first kappa shape index (κ1) is 23.1. The molecule has 4 atom stereocenters. The summed E-state index contributed by atoms with van der Waals surface area (Å²) in [5.41, 5.74) is 3.89. The van der Waals surface area contributed by atoms with E-state index in [0.717, 1.165) is 28.1 Å². The van der Waals surface area contributed by atoms with Crippen molar-refractivity contribution in [1.29, 1.82) is 0 Å². The van der Waals surface area contributed by atoms with Gasteiger partial charge in [0.1, 0.15) is 6.61 Å². The van der Waals surface area contributed by atoms with Crippen LogP contribution in [-0.2, 0) is 22.6 Å². The minimum Gasteiger partial charge on any atom is -0.490 e. The molecule has 0 aromatic heterocycles. The molecule has 1 saturated heterocycles. The van der Waals surface area contributed by atoms with E-state index in [1.807, 2.05) is 37.3 Å². The van der Waals surface area contributed by atoms with Crippen molar-refractivity contribution in [3.8, 4) is 11.5 Å². The molecule has 2 fully saturated rings. The van der Waals surface area contributed by atoms with Crippen LogP contribution in [0, 0.1) is 30.6 Å². The lowest BCUT2D eigenvalue weighted by molar-refractivity contribution is -0.140. The van der Waals surface area contributed by atoms with Crippen molar-refractivity contribution >= 4 is 18.0 Å². The number of hydrogen-bond donors (Lipinski definition) is 0. The summed E-state index contributed by atoms with van der Waals surface area (Å²) in [4.78, 5) is 25.9. The molecule has 1 aliphatic heterocycles. The predicted molar refractivity (Wildman–Crippen MR) is 134 cm³/mol. The summed E-state index contributed by atoms with van der Waals surface area (Å²) in [7, 11) is 0. The van der Waals surface area contributed by atoms with Gasteiger partial charge in [-0.3, -0.25) is 9.59 Å². The van der Waals surface area contributed by atoms with Crippen LogP contribution >= 0.6 is 0 Å². The molecule has 2 aliphatic carbocycles. The minimum absolute atomic E-state index is 0.162. The van der Waals surface area contributed by atoms with Crippen molar-refractivity contribution in [2.45, 2.75) is 33.3 Å². The van der Waals surface area contributed by atoms with Crippen LogP contribution < -0.4 is 9.47 Å². The number of nitrogens with zero attached hydrogens (tertiary/aromatic N) is 2. The van der Waals surface area contributed by atoms with E-state index < -0.39 is 0 Å². The van der Waals surface area contributed by atoms with E-state index in [1.54, 1.807) is 6.21 Å². The lowest BCUT2D eigenvalue weighted by atomic mass is 9.85. The molecular formula is C29H30N2O4. The minimum atomic E-state index is -0.262. The molecule has 6 nitrogen and oxygen atoms in total. The summed E-state index contributed by atoms with van der Waals surface area (Å²) in [5.74, 6) is 0.675. The Morgan fingerprint density at radius 1 is 1.06 bits per heavy atom. The molecule has 1 heterocycles. The van der Waals surface area contributed by atoms with Gasteiger partial charge in [-0.1, -0.05) is 48.1 Å². The highest BCUT2D eigenvalue weighted by molar-refractivity contribution is 6.06. The molecule has 2 aromatic rings. The van der Waals surface area contributed by atoms with E-state index in [2.05, 4.69) is 42.9 Å². The number of allylic oxidation sites excluding steroid dienone is 3. The largest absolute Gasteiger partial charge is 0.490 e. The zero-order valence-electron chi connectivity index (χ0n) is 20.1. The van der Waals surface area contributed by atoms with Crippen molar-refractivity contribution in [3.05, 3.63) is 83.5 Å². The first-order valence-electron chi connectivity index (χ1n) is 12.2. The first-order chi connectivity index (χ1) is 17.0. The van der Waals surface area contributed by atoms with Crippen LogP contribution in [0.25, 0.3) is 0 Å². The van der Waals surface area contributed by atoms with Gasteiger partial charge in [-0.25, -0.2) is 0 Å². The summed E-state index contributed by atoms with van der Waals surface area (Å²) in [6, 6.07) is 12.0. The van der Waals surface area contributed by atoms with Crippen molar-refractivity contribution in [2.75, 3.05) is 6.61 Å². The number of carbonyl (C=O) groups is 2. The number of aryl methyl sites for hydroxylation is 1. The average molecular weight is 471 g/mol. The van der Waals surface area contributed by atoms with Crippen LogP contribution in [-0.4, -0.2) is 29.6 Å². The van der Waals surface area contributed by atoms with Gasteiger partial charge < -0.3 is 9.47 Å². The van der Waals surface area contributed by atoms with Gasteiger partial charge in [0.2, 0.25) is 0 Å². The average Bonchev–Trinajstić information content (AvgIpc) is 3.53. The topological polar surface area (TPSA) is 68.2 Å². The summed E-state index contributed by atoms with van der Waals surface area (Å²) in [6.45, 7) is 8.73. The highest BCUT2D eigenvalue weighted by Crippen LogP contribution is 2.52. The molecule has 5 rings (SSSR count). The fraction of sp³-hybridized carbons (Fsp3) is 0.345. The van der Waals surface area contributed by atoms with Crippen LogP contribution in [0.5, 0.6) is 11.5 Å². The number of hydrazone groups is 1. The highest BCUT2D eigenvalue weighted by atomic mass is 16.5. The smallest absolute Gasteiger partial charge is 0.254 e. The third kappa shape index (κ3) is 4.29. The maximum absolute atomic E-state index is 12.9. The van der Waals surface area contributed by atoms with E-state index in [-0.39, 0.29) is 35.5 Å². The Morgan fingerprint density at radius 2 is 1.74 bits per heavy atom. The quantitative estimate of drug-likeness (QED) is 0.299. The standard InChI is InChI=1S/C29H30N2O4/c1-4-6-23-13-20(14-24(34-5-2)27(23)35-17-19-9-7-18(3)8-10-19)16-30-31-28(32)25-21-11-12-22(15-21)26(25)29(31)33/h4,7-14,16,21-22,25-26H,1,5-6,15,17H2,2-3H3. The van der Waals surface area contributed by atoms with Crippen molar-refractivity contribution in [2.24, 2.45) is 28.8 Å². The van der Waals surface area contributed by atoms with Crippen LogP contribution in [0.2, 0.25) is 0 Å². The fourth-order valence-electron chi connectivity index (χ4n) is 5.46. The normalized spacial score (nSPS) is 24.5. The molecule has 6 heteroatoms. The molecule has 2 aromatic carbocycles. The molecule has 3 aliphatic rings. The Hall–Kier alpha value is -3.67. The molecule has 35 heavy (non-hydrogen) atoms. The first-order valence-corrected chi connectivity index (χ1v) is 12.2. The number of hydrogen-bond acceptors (Lipinski definition) is 5. The van der Waals surface area contributed by atoms with E-state index >= 15 is 0 Å². The second-order valence-corrected chi connectivity index (χ2v) is 9.44. The Morgan fingerprint density at radius 3 is 2.37 bits per heavy atom. The number of carbonyl (C=O) groups excluding carboxylic acids is 2. The highest BCUT2D eigenvalue weighted by Gasteiger charge is 2.59. The van der Waals surface area contributed by atoms with Crippen LogP contribution in [0.3, 0.4) is 0 Å². The number of rotatable bonds is 9. The third-order valence-electron chi connectivity index (χ3n) is 7.09. The molecule has 2 bridgehead atoms. The molecule has 0 radical (unpaired) electrons. The van der Waals surface area contributed by atoms with Gasteiger partial charge in [0.15, 0.2) is 11.5 Å². The van der Waals surface area contributed by atoms with Gasteiger partial charge >= 0.3 is 0 Å². The fourth-order valence-corrected chi connectivity index (χ4v) is 5.46. The van der Waals surface area contributed by atoms with Crippen LogP contribution in [0.4, 0.5) is 0 Å². The SMILES string of the molecule is C=CCc1cc(C=NN2C(=O)C3C4C=CC(C4)C3C2=O)cc(OCC)c1OCc1ccc(C)cc1. The van der Waals surface area contributed by atoms with Gasteiger partial charge in [-0.05, 0) is 61.8 Å². The Balaban J connectivity index is 1.39. The van der Waals surface area contributed by atoms with Crippen molar-refractivity contribution in [3.63, 3.8) is 0 Å². The number of ether oxygens (including phenoxy) is 2. The molecule has 4 unspecified atom stereocenters. The van der Waals surface area contributed by atoms with E-state index in [1.165, 1.54) is 5.56 Å². The summed E-state index contributed by atoms with van der Waals surface area (Å²) >= 11 is 0. The van der Waals surface area contributed by atoms with Crippen molar-refractivity contribution < 1.29 is 19.1 Å². The number of benzene rings is 2. The number of imide groups is 1. The van der Waals surface area contributed by atoms with E-state index in [9.17, 15) is 9.59 Å². The second kappa shape index (κ2) is 9.53. The molecule has 0 spiro atoms. The van der Waals surface area contributed by atoms with Gasteiger partial charge in [-0.15, -0.1) is 6.58 Å². The number of fused-ring (bicyclic) bond motifs is 5. The molecule has 0 N–H and O–H groups in total. The lowest BCUT2D eigenvalue weighted by Crippen LogP contribution is -2.28. The van der Waals surface area contributed by atoms with Crippen molar-refractivity contribution in [1.82, 2.24) is 5.01 Å². The Labute approximate surface area is 205 Å².